The molecule has 2 atom stereocenters. The zero-order chi connectivity index (χ0) is 15.8. The summed E-state index contributed by atoms with van der Waals surface area (Å²) in [5.41, 5.74) is 0.799. The largest absolute Gasteiger partial charge is 0.497 e. The second-order valence-corrected chi connectivity index (χ2v) is 5.55. The van der Waals surface area contributed by atoms with Gasteiger partial charge in [-0.15, -0.1) is 0 Å². The number of nitrogens with one attached hydrogen (secondary N) is 1. The van der Waals surface area contributed by atoms with E-state index in [0.29, 0.717) is 25.3 Å². The van der Waals surface area contributed by atoms with Gasteiger partial charge >= 0.3 is 5.97 Å². The van der Waals surface area contributed by atoms with Crippen LogP contribution in [0, 0.1) is 5.92 Å². The normalized spacial score (nSPS) is 14.0. The van der Waals surface area contributed by atoms with Crippen LogP contribution in [0.3, 0.4) is 0 Å². The number of carbonyl (C=O) groups is 1. The highest BCUT2D eigenvalue weighted by Crippen LogP contribution is 2.19. The number of ether oxygens (including phenoxy) is 1. The minimum Gasteiger partial charge on any atom is -0.497 e. The van der Waals surface area contributed by atoms with Crippen molar-refractivity contribution in [2.45, 2.75) is 38.8 Å². The zero-order valence-electron chi connectivity index (χ0n) is 12.9. The second kappa shape index (κ2) is 8.64. The van der Waals surface area contributed by atoms with Gasteiger partial charge < -0.3 is 20.3 Å². The van der Waals surface area contributed by atoms with Gasteiger partial charge in [-0.2, -0.15) is 0 Å². The van der Waals surface area contributed by atoms with Crippen LogP contribution in [0.2, 0.25) is 0 Å². The van der Waals surface area contributed by atoms with Crippen LogP contribution in [0.25, 0.3) is 0 Å². The highest BCUT2D eigenvalue weighted by Gasteiger charge is 2.18. The van der Waals surface area contributed by atoms with Crippen molar-refractivity contribution in [3.8, 4) is 5.75 Å². The third-order valence-electron chi connectivity index (χ3n) is 3.31. The highest BCUT2D eigenvalue weighted by molar-refractivity contribution is 5.73. The second-order valence-electron chi connectivity index (χ2n) is 5.55. The molecule has 0 aromatic heterocycles. The van der Waals surface area contributed by atoms with Gasteiger partial charge in [-0.25, -0.2) is 0 Å². The lowest BCUT2D eigenvalue weighted by molar-refractivity contribution is -0.139. The molecule has 118 valence electrons. The maximum atomic E-state index is 11.1. The van der Waals surface area contributed by atoms with Gasteiger partial charge in [0.15, 0.2) is 0 Å². The van der Waals surface area contributed by atoms with Crippen LogP contribution < -0.4 is 10.1 Å². The van der Waals surface area contributed by atoms with Gasteiger partial charge in [0.1, 0.15) is 11.8 Å². The molecule has 0 aliphatic heterocycles. The Labute approximate surface area is 125 Å². The quantitative estimate of drug-likeness (QED) is 0.651. The van der Waals surface area contributed by atoms with E-state index in [1.54, 1.807) is 19.2 Å². The minimum absolute atomic E-state index is 0.310. The van der Waals surface area contributed by atoms with Crippen molar-refractivity contribution in [2.75, 3.05) is 13.7 Å². The summed E-state index contributed by atoms with van der Waals surface area (Å²) in [6, 6.07) is 6.65. The Morgan fingerprint density at radius 1 is 1.29 bits per heavy atom. The van der Waals surface area contributed by atoms with Gasteiger partial charge in [0.2, 0.25) is 0 Å². The Bertz CT molecular complexity index is 430. The molecule has 0 unspecified atom stereocenters. The SMILES string of the molecule is COc1ccc([C@H](O)CCN[C@@H](CC(C)C)C(=O)O)cc1. The van der Waals surface area contributed by atoms with Gasteiger partial charge in [0.25, 0.3) is 0 Å². The molecule has 5 heteroatoms. The highest BCUT2D eigenvalue weighted by atomic mass is 16.5. The van der Waals surface area contributed by atoms with Crippen LogP contribution in [0.4, 0.5) is 0 Å². The molecule has 0 fully saturated rings. The number of hydrogen-bond donors (Lipinski definition) is 3. The van der Waals surface area contributed by atoms with Crippen LogP contribution in [-0.2, 0) is 4.79 Å². The van der Waals surface area contributed by atoms with Gasteiger partial charge in [-0.05, 0) is 43.0 Å². The monoisotopic (exact) mass is 295 g/mol. The average Bonchev–Trinajstić information content (AvgIpc) is 2.45. The molecule has 0 saturated heterocycles. The fourth-order valence-electron chi connectivity index (χ4n) is 2.13. The maximum absolute atomic E-state index is 11.1. The van der Waals surface area contributed by atoms with E-state index in [0.717, 1.165) is 11.3 Å². The van der Waals surface area contributed by atoms with E-state index in [1.165, 1.54) is 0 Å². The van der Waals surface area contributed by atoms with Crippen molar-refractivity contribution < 1.29 is 19.7 Å². The number of hydrogen-bond acceptors (Lipinski definition) is 4. The molecule has 0 radical (unpaired) electrons. The Morgan fingerprint density at radius 2 is 1.90 bits per heavy atom. The molecule has 1 aromatic rings. The number of aliphatic carboxylic acids is 1. The molecule has 0 bridgehead atoms. The summed E-state index contributed by atoms with van der Waals surface area (Å²) < 4.78 is 5.07. The summed E-state index contributed by atoms with van der Waals surface area (Å²) >= 11 is 0. The summed E-state index contributed by atoms with van der Waals surface area (Å²) in [7, 11) is 1.59. The van der Waals surface area contributed by atoms with E-state index in [2.05, 4.69) is 5.32 Å². The molecule has 0 aliphatic rings. The summed E-state index contributed by atoms with van der Waals surface area (Å²) in [6.45, 7) is 4.44. The standard InChI is InChI=1S/C16H25NO4/c1-11(2)10-14(16(19)20)17-9-8-15(18)12-4-6-13(21-3)7-5-12/h4-7,11,14-15,17-18H,8-10H2,1-3H3,(H,19,20)/t14-,15+/m0/s1. The number of aliphatic hydroxyl groups is 1. The summed E-state index contributed by atoms with van der Waals surface area (Å²) in [5.74, 6) is 0.208. The summed E-state index contributed by atoms with van der Waals surface area (Å²) in [5, 5.41) is 22.2. The average molecular weight is 295 g/mol. The smallest absolute Gasteiger partial charge is 0.320 e. The fourth-order valence-corrected chi connectivity index (χ4v) is 2.13. The lowest BCUT2D eigenvalue weighted by atomic mass is 10.0. The lowest BCUT2D eigenvalue weighted by Crippen LogP contribution is -2.38. The number of rotatable bonds is 9. The molecule has 1 aromatic carbocycles. The first-order valence-corrected chi connectivity index (χ1v) is 7.22. The first-order chi connectivity index (χ1) is 9.93. The maximum Gasteiger partial charge on any atom is 0.320 e. The number of carboxylic acid groups (broad SMARTS) is 1. The fraction of sp³-hybridized carbons (Fsp3) is 0.562. The van der Waals surface area contributed by atoms with E-state index < -0.39 is 18.1 Å². The van der Waals surface area contributed by atoms with Crippen molar-refractivity contribution >= 4 is 5.97 Å². The van der Waals surface area contributed by atoms with Crippen molar-refractivity contribution in [3.63, 3.8) is 0 Å². The van der Waals surface area contributed by atoms with Gasteiger partial charge in [-0.1, -0.05) is 26.0 Å². The number of benzene rings is 1. The molecule has 0 saturated carbocycles. The molecule has 0 heterocycles. The number of aliphatic hydroxyl groups excluding tert-OH is 1. The molecule has 0 spiro atoms. The zero-order valence-corrected chi connectivity index (χ0v) is 12.9. The Kier molecular flexibility index (Phi) is 7.19. The van der Waals surface area contributed by atoms with Gasteiger partial charge in [-0.3, -0.25) is 4.79 Å². The van der Waals surface area contributed by atoms with Gasteiger partial charge in [0, 0.05) is 0 Å². The van der Waals surface area contributed by atoms with Crippen molar-refractivity contribution in [1.29, 1.82) is 0 Å². The third-order valence-corrected chi connectivity index (χ3v) is 3.31. The first kappa shape index (κ1) is 17.5. The Hall–Kier alpha value is -1.59. The Balaban J connectivity index is 2.44. The van der Waals surface area contributed by atoms with Crippen LogP contribution in [0.15, 0.2) is 24.3 Å². The molecular weight excluding hydrogens is 270 g/mol. The van der Waals surface area contributed by atoms with Crippen LogP contribution >= 0.6 is 0 Å². The lowest BCUT2D eigenvalue weighted by Gasteiger charge is -2.18. The number of methoxy groups -OCH3 is 1. The molecular formula is C16H25NO4. The van der Waals surface area contributed by atoms with E-state index in [4.69, 9.17) is 9.84 Å². The molecule has 21 heavy (non-hydrogen) atoms. The topological polar surface area (TPSA) is 78.8 Å². The van der Waals surface area contributed by atoms with E-state index in [-0.39, 0.29) is 0 Å². The summed E-state index contributed by atoms with van der Waals surface area (Å²) in [4.78, 5) is 11.1. The molecule has 0 amide bonds. The first-order valence-electron chi connectivity index (χ1n) is 7.22. The minimum atomic E-state index is -0.845. The van der Waals surface area contributed by atoms with Crippen LogP contribution in [0.1, 0.15) is 38.4 Å². The molecule has 0 aliphatic carbocycles. The van der Waals surface area contributed by atoms with Crippen LogP contribution in [-0.4, -0.2) is 35.9 Å². The van der Waals surface area contributed by atoms with Crippen LogP contribution in [0.5, 0.6) is 5.75 Å². The van der Waals surface area contributed by atoms with E-state index in [1.807, 2.05) is 26.0 Å². The molecule has 5 nitrogen and oxygen atoms in total. The van der Waals surface area contributed by atoms with E-state index >= 15 is 0 Å². The van der Waals surface area contributed by atoms with Crippen molar-refractivity contribution in [1.82, 2.24) is 5.32 Å². The predicted molar refractivity (Wildman–Crippen MR) is 81.5 cm³/mol. The van der Waals surface area contributed by atoms with Crippen molar-refractivity contribution in [2.24, 2.45) is 5.92 Å². The van der Waals surface area contributed by atoms with Crippen molar-refractivity contribution in [3.05, 3.63) is 29.8 Å². The van der Waals surface area contributed by atoms with Gasteiger partial charge in [0.05, 0.1) is 13.2 Å². The predicted octanol–water partition coefficient (Wildman–Crippen LogP) is 2.21. The van der Waals surface area contributed by atoms with E-state index in [9.17, 15) is 9.90 Å². The molecule has 3 N–H and O–H groups in total. The Morgan fingerprint density at radius 3 is 2.38 bits per heavy atom. The number of carboxylic acids is 1. The molecule has 1 rings (SSSR count). The third kappa shape index (κ3) is 6.14. The summed E-state index contributed by atoms with van der Waals surface area (Å²) in [6.07, 6.45) is 0.430.